The van der Waals surface area contributed by atoms with Gasteiger partial charge in [-0.25, -0.2) is 4.79 Å². The predicted molar refractivity (Wildman–Crippen MR) is 70.7 cm³/mol. The van der Waals surface area contributed by atoms with Gasteiger partial charge in [-0.05, 0) is 24.7 Å². The first-order valence-corrected chi connectivity index (χ1v) is 6.07. The number of amides is 1. The third-order valence-corrected chi connectivity index (χ3v) is 2.98. The molecule has 1 aromatic carbocycles. The van der Waals surface area contributed by atoms with E-state index in [1.807, 2.05) is 12.1 Å². The number of primary amides is 1. The van der Waals surface area contributed by atoms with E-state index in [1.165, 1.54) is 7.11 Å². The Bertz CT molecular complexity index is 433. The maximum absolute atomic E-state index is 11.8. The van der Waals surface area contributed by atoms with Gasteiger partial charge >= 0.3 is 5.97 Å². The zero-order valence-corrected chi connectivity index (χ0v) is 11.8. The summed E-state index contributed by atoms with van der Waals surface area (Å²) in [6.07, 6.45) is 0. The Balaban J connectivity index is 3.01. The molecule has 0 aromatic heterocycles. The van der Waals surface area contributed by atoms with Crippen molar-refractivity contribution in [2.24, 2.45) is 5.73 Å². The molecule has 6 heteroatoms. The summed E-state index contributed by atoms with van der Waals surface area (Å²) in [4.78, 5) is 24.3. The van der Waals surface area contributed by atoms with E-state index in [4.69, 9.17) is 10.5 Å². The predicted octanol–water partition coefficient (Wildman–Crippen LogP) is 1.08. The molecule has 0 heterocycles. The molecule has 0 saturated heterocycles. The first-order valence-electron chi connectivity index (χ1n) is 5.27. The van der Waals surface area contributed by atoms with Crippen LogP contribution in [-0.2, 0) is 14.3 Å². The normalized spacial score (nSPS) is 12.2. The monoisotopic (exact) mass is 314 g/mol. The fraction of sp³-hybridized carbons (Fsp3) is 0.333. The van der Waals surface area contributed by atoms with Crippen LogP contribution in [0, 0.1) is 0 Å². The van der Waals surface area contributed by atoms with E-state index >= 15 is 0 Å². The Morgan fingerprint density at radius 1 is 1.39 bits per heavy atom. The summed E-state index contributed by atoms with van der Waals surface area (Å²) in [5.74, 6) is -0.926. The van der Waals surface area contributed by atoms with Crippen molar-refractivity contribution in [2.75, 3.05) is 20.7 Å². The van der Waals surface area contributed by atoms with Crippen molar-refractivity contribution in [3.8, 4) is 0 Å². The van der Waals surface area contributed by atoms with Crippen molar-refractivity contribution in [2.45, 2.75) is 6.04 Å². The molecule has 0 radical (unpaired) electrons. The lowest BCUT2D eigenvalue weighted by Gasteiger charge is -2.25. The molecule has 0 aliphatic rings. The molecule has 0 aliphatic carbocycles. The minimum atomic E-state index is -0.643. The van der Waals surface area contributed by atoms with E-state index < -0.39 is 17.9 Å². The van der Waals surface area contributed by atoms with Crippen molar-refractivity contribution in [3.05, 3.63) is 34.3 Å². The highest BCUT2D eigenvalue weighted by atomic mass is 79.9. The number of methoxy groups -OCH3 is 1. The number of halogens is 1. The van der Waals surface area contributed by atoms with Crippen LogP contribution in [-0.4, -0.2) is 37.5 Å². The van der Waals surface area contributed by atoms with E-state index in [-0.39, 0.29) is 6.54 Å². The van der Waals surface area contributed by atoms with E-state index in [9.17, 15) is 9.59 Å². The van der Waals surface area contributed by atoms with Crippen LogP contribution in [0.2, 0.25) is 0 Å². The molecule has 0 unspecified atom stereocenters. The fourth-order valence-electron chi connectivity index (χ4n) is 1.66. The van der Waals surface area contributed by atoms with Crippen LogP contribution in [0.15, 0.2) is 28.7 Å². The topological polar surface area (TPSA) is 72.6 Å². The highest BCUT2D eigenvalue weighted by Crippen LogP contribution is 2.22. The first kappa shape index (κ1) is 14.7. The fourth-order valence-corrected chi connectivity index (χ4v) is 1.93. The van der Waals surface area contributed by atoms with Gasteiger partial charge < -0.3 is 10.5 Å². The van der Waals surface area contributed by atoms with Crippen LogP contribution in [0.4, 0.5) is 0 Å². The number of nitrogens with zero attached hydrogens (tertiary/aromatic N) is 1. The first-order chi connectivity index (χ1) is 8.45. The van der Waals surface area contributed by atoms with Gasteiger partial charge in [0.2, 0.25) is 5.91 Å². The summed E-state index contributed by atoms with van der Waals surface area (Å²) in [6.45, 7) is -0.0180. The van der Waals surface area contributed by atoms with Gasteiger partial charge in [0.05, 0.1) is 13.7 Å². The Labute approximate surface area is 114 Å². The summed E-state index contributed by atoms with van der Waals surface area (Å²) in [5.41, 5.74) is 5.88. The average molecular weight is 315 g/mol. The molecule has 1 atom stereocenters. The minimum absolute atomic E-state index is 0.0180. The molecule has 2 N–H and O–H groups in total. The maximum Gasteiger partial charge on any atom is 0.327 e. The minimum Gasteiger partial charge on any atom is -0.468 e. The largest absolute Gasteiger partial charge is 0.468 e. The lowest BCUT2D eigenvalue weighted by atomic mass is 10.1. The Hall–Kier alpha value is -1.40. The van der Waals surface area contributed by atoms with Crippen LogP contribution < -0.4 is 5.73 Å². The number of carbonyl (C=O) groups is 2. The molecule has 0 aliphatic heterocycles. The van der Waals surface area contributed by atoms with Gasteiger partial charge in [0, 0.05) is 4.47 Å². The summed E-state index contributed by atoms with van der Waals surface area (Å²) >= 11 is 3.32. The van der Waals surface area contributed by atoms with Gasteiger partial charge in [-0.15, -0.1) is 0 Å². The Kier molecular flexibility index (Phi) is 5.30. The smallest absolute Gasteiger partial charge is 0.327 e. The summed E-state index contributed by atoms with van der Waals surface area (Å²) in [7, 11) is 2.96. The second-order valence-corrected chi connectivity index (χ2v) is 4.77. The average Bonchev–Trinajstić information content (AvgIpc) is 2.30. The van der Waals surface area contributed by atoms with Gasteiger partial charge in [-0.3, -0.25) is 9.69 Å². The van der Waals surface area contributed by atoms with E-state index in [1.54, 1.807) is 24.1 Å². The second kappa shape index (κ2) is 6.51. The molecule has 18 heavy (non-hydrogen) atoms. The molecule has 1 rings (SSSR count). The zero-order valence-electron chi connectivity index (χ0n) is 10.2. The summed E-state index contributed by atoms with van der Waals surface area (Å²) < 4.78 is 5.66. The molecule has 1 amide bonds. The third-order valence-electron chi connectivity index (χ3n) is 2.46. The van der Waals surface area contributed by atoms with Crippen molar-refractivity contribution < 1.29 is 14.3 Å². The van der Waals surface area contributed by atoms with Crippen molar-refractivity contribution in [1.82, 2.24) is 4.90 Å². The van der Waals surface area contributed by atoms with E-state index in [0.29, 0.717) is 0 Å². The van der Waals surface area contributed by atoms with Crippen LogP contribution >= 0.6 is 15.9 Å². The molecular formula is C12H15BrN2O3. The zero-order chi connectivity index (χ0) is 13.7. The van der Waals surface area contributed by atoms with Gasteiger partial charge in [0.1, 0.15) is 6.04 Å². The number of hydrogen-bond acceptors (Lipinski definition) is 4. The quantitative estimate of drug-likeness (QED) is 0.825. The van der Waals surface area contributed by atoms with Crippen LogP contribution in [0.1, 0.15) is 11.6 Å². The highest BCUT2D eigenvalue weighted by molar-refractivity contribution is 9.10. The Morgan fingerprint density at radius 3 is 2.39 bits per heavy atom. The number of likely N-dealkylation sites (N-methyl/N-ethyl adjacent to an activating group) is 1. The molecule has 0 fully saturated rings. The lowest BCUT2D eigenvalue weighted by Crippen LogP contribution is -2.37. The lowest BCUT2D eigenvalue weighted by molar-refractivity contribution is -0.147. The molecule has 0 bridgehead atoms. The molecule has 5 nitrogen and oxygen atoms in total. The number of ether oxygens (including phenoxy) is 1. The standard InChI is InChI=1S/C12H15BrN2O3/c1-15(7-10(14)16)11(12(17)18-2)8-3-5-9(13)6-4-8/h3-6,11H,7H2,1-2H3,(H2,14,16)/t11-/m0/s1. The number of hydrogen-bond donors (Lipinski definition) is 1. The molecule has 0 saturated carbocycles. The van der Waals surface area contributed by atoms with Crippen molar-refractivity contribution >= 4 is 27.8 Å². The van der Waals surface area contributed by atoms with E-state index in [2.05, 4.69) is 15.9 Å². The van der Waals surface area contributed by atoms with Crippen molar-refractivity contribution in [3.63, 3.8) is 0 Å². The van der Waals surface area contributed by atoms with Crippen molar-refractivity contribution in [1.29, 1.82) is 0 Å². The van der Waals surface area contributed by atoms with E-state index in [0.717, 1.165) is 10.0 Å². The van der Waals surface area contributed by atoms with Gasteiger partial charge in [-0.2, -0.15) is 0 Å². The SMILES string of the molecule is COC(=O)[C@H](c1ccc(Br)cc1)N(C)CC(N)=O. The van der Waals surface area contributed by atoms with Gasteiger partial charge in [0.25, 0.3) is 0 Å². The molecule has 98 valence electrons. The number of rotatable bonds is 5. The molecule has 0 spiro atoms. The maximum atomic E-state index is 11.8. The highest BCUT2D eigenvalue weighted by Gasteiger charge is 2.26. The number of benzene rings is 1. The molecular weight excluding hydrogens is 300 g/mol. The second-order valence-electron chi connectivity index (χ2n) is 3.86. The summed E-state index contributed by atoms with van der Waals surface area (Å²) in [6, 6.07) is 6.59. The van der Waals surface area contributed by atoms with Crippen LogP contribution in [0.5, 0.6) is 0 Å². The molecule has 1 aromatic rings. The van der Waals surface area contributed by atoms with Crippen LogP contribution in [0.3, 0.4) is 0 Å². The van der Waals surface area contributed by atoms with Gasteiger partial charge in [-0.1, -0.05) is 28.1 Å². The third kappa shape index (κ3) is 3.82. The summed E-state index contributed by atoms with van der Waals surface area (Å²) in [5, 5.41) is 0. The number of nitrogens with two attached hydrogens (primary N) is 1. The number of esters is 1. The number of carbonyl (C=O) groups excluding carboxylic acids is 2. The van der Waals surface area contributed by atoms with Gasteiger partial charge in [0.15, 0.2) is 0 Å². The van der Waals surface area contributed by atoms with Crippen LogP contribution in [0.25, 0.3) is 0 Å². The Morgan fingerprint density at radius 2 is 1.94 bits per heavy atom.